The van der Waals surface area contributed by atoms with Crippen LogP contribution in [0.3, 0.4) is 0 Å². The van der Waals surface area contributed by atoms with Crippen molar-refractivity contribution in [3.05, 3.63) is 54.7 Å². The minimum Gasteiger partial charge on any atom is -0.460 e. The topological polar surface area (TPSA) is 56.1 Å². The summed E-state index contributed by atoms with van der Waals surface area (Å²) >= 11 is 0. The maximum atomic E-state index is 12.1. The average molecular weight is 299 g/mol. The number of nitrogens with one attached hydrogen (secondary N) is 1. The van der Waals surface area contributed by atoms with Crippen molar-refractivity contribution in [2.75, 3.05) is 6.54 Å². The summed E-state index contributed by atoms with van der Waals surface area (Å²) in [6.07, 6.45) is 3.51. The zero-order valence-corrected chi connectivity index (χ0v) is 13.2. The van der Waals surface area contributed by atoms with Crippen molar-refractivity contribution in [3.8, 4) is 11.6 Å². The van der Waals surface area contributed by atoms with Crippen molar-refractivity contribution < 1.29 is 9.53 Å². The Kier molecular flexibility index (Phi) is 4.65. The molecular weight excluding hydrogens is 278 g/mol. The van der Waals surface area contributed by atoms with Gasteiger partial charge in [0.2, 0.25) is 5.88 Å². The predicted octanol–water partition coefficient (Wildman–Crippen LogP) is 2.64. The summed E-state index contributed by atoms with van der Waals surface area (Å²) in [4.78, 5) is 12.1. The minimum absolute atomic E-state index is 0.207. The highest BCUT2D eigenvalue weighted by Gasteiger charge is 2.31. The van der Waals surface area contributed by atoms with Crippen molar-refractivity contribution in [3.63, 3.8) is 0 Å². The quantitative estimate of drug-likeness (QED) is 0.834. The summed E-state index contributed by atoms with van der Waals surface area (Å²) in [6.45, 7) is 9.32. The van der Waals surface area contributed by atoms with Crippen molar-refractivity contribution in [1.29, 1.82) is 0 Å². The van der Waals surface area contributed by atoms with Gasteiger partial charge in [-0.1, -0.05) is 24.3 Å². The lowest BCUT2D eigenvalue weighted by atomic mass is 10.1. The van der Waals surface area contributed by atoms with Gasteiger partial charge in [0, 0.05) is 18.3 Å². The van der Waals surface area contributed by atoms with Gasteiger partial charge in [-0.05, 0) is 32.9 Å². The first kappa shape index (κ1) is 15.8. The standard InChI is InChI=1S/C17H21N3O2/c1-5-11-18-16(21)17(3,4)22-15-13(2)12-20(19-15)14-9-7-6-8-10-14/h5-10,12H,1,11H2,2-4H3,(H,18,21). The number of hydrogen-bond acceptors (Lipinski definition) is 3. The zero-order chi connectivity index (χ0) is 16.2. The molecule has 0 atom stereocenters. The summed E-state index contributed by atoms with van der Waals surface area (Å²) in [7, 11) is 0. The molecule has 1 heterocycles. The Bertz CT molecular complexity index is 660. The molecule has 5 heteroatoms. The van der Waals surface area contributed by atoms with Crippen molar-refractivity contribution in [1.82, 2.24) is 15.1 Å². The number of para-hydroxylation sites is 1. The molecule has 22 heavy (non-hydrogen) atoms. The molecule has 5 nitrogen and oxygen atoms in total. The zero-order valence-electron chi connectivity index (χ0n) is 13.2. The van der Waals surface area contributed by atoms with Crippen molar-refractivity contribution >= 4 is 5.91 Å². The molecule has 0 saturated carbocycles. The summed E-state index contributed by atoms with van der Waals surface area (Å²) < 4.78 is 7.55. The number of aryl methyl sites for hydroxylation is 1. The largest absolute Gasteiger partial charge is 0.460 e. The number of nitrogens with zero attached hydrogens (tertiary/aromatic N) is 2. The lowest BCUT2D eigenvalue weighted by Crippen LogP contribution is -2.46. The second-order valence-electron chi connectivity index (χ2n) is 5.51. The normalized spacial score (nSPS) is 11.0. The molecule has 0 unspecified atom stereocenters. The monoisotopic (exact) mass is 299 g/mol. The molecule has 2 rings (SSSR count). The van der Waals surface area contributed by atoms with Crippen LogP contribution in [0.2, 0.25) is 0 Å². The van der Waals surface area contributed by atoms with E-state index in [0.717, 1.165) is 11.3 Å². The first-order chi connectivity index (χ1) is 10.4. The SMILES string of the molecule is C=CCNC(=O)C(C)(C)Oc1nn(-c2ccccc2)cc1C. The van der Waals surface area contributed by atoms with E-state index in [1.54, 1.807) is 24.6 Å². The first-order valence-corrected chi connectivity index (χ1v) is 7.14. The molecule has 0 aliphatic heterocycles. The number of aromatic nitrogens is 2. The highest BCUT2D eigenvalue weighted by atomic mass is 16.5. The van der Waals surface area contributed by atoms with Crippen molar-refractivity contribution in [2.45, 2.75) is 26.4 Å². The fourth-order valence-corrected chi connectivity index (χ4v) is 1.92. The number of amides is 1. The maximum absolute atomic E-state index is 12.1. The van der Waals surface area contributed by atoms with Gasteiger partial charge in [0.25, 0.3) is 5.91 Å². The number of hydrogen-bond donors (Lipinski definition) is 1. The molecule has 0 aliphatic rings. The first-order valence-electron chi connectivity index (χ1n) is 7.14. The lowest BCUT2D eigenvalue weighted by molar-refractivity contribution is -0.134. The third-order valence-corrected chi connectivity index (χ3v) is 3.18. The van der Waals surface area contributed by atoms with Gasteiger partial charge in [0.05, 0.1) is 5.69 Å². The summed E-state index contributed by atoms with van der Waals surface area (Å²) in [5.41, 5.74) is 0.798. The fraction of sp³-hybridized carbons (Fsp3) is 0.294. The molecule has 0 radical (unpaired) electrons. The van der Waals surface area contributed by atoms with Crippen LogP contribution in [0.5, 0.6) is 5.88 Å². The van der Waals surface area contributed by atoms with Crippen molar-refractivity contribution in [2.24, 2.45) is 0 Å². The van der Waals surface area contributed by atoms with Crippen LogP contribution in [-0.2, 0) is 4.79 Å². The molecule has 116 valence electrons. The maximum Gasteiger partial charge on any atom is 0.263 e. The minimum atomic E-state index is -1.01. The van der Waals surface area contributed by atoms with Gasteiger partial charge in [-0.25, -0.2) is 4.68 Å². The average Bonchev–Trinajstić information content (AvgIpc) is 2.86. The fourth-order valence-electron chi connectivity index (χ4n) is 1.92. The Morgan fingerprint density at radius 1 is 1.41 bits per heavy atom. The van der Waals surface area contributed by atoms with E-state index in [9.17, 15) is 4.79 Å². The van der Waals surface area contributed by atoms with Crippen LogP contribution in [-0.4, -0.2) is 27.8 Å². The van der Waals surface area contributed by atoms with E-state index in [4.69, 9.17) is 4.74 Å². The Morgan fingerprint density at radius 2 is 2.09 bits per heavy atom. The van der Waals surface area contributed by atoms with Gasteiger partial charge in [-0.3, -0.25) is 4.79 Å². The number of benzene rings is 1. The second kappa shape index (κ2) is 6.47. The predicted molar refractivity (Wildman–Crippen MR) is 86.2 cm³/mol. The Balaban J connectivity index is 2.18. The van der Waals surface area contributed by atoms with E-state index in [2.05, 4.69) is 17.0 Å². The molecule has 1 aromatic carbocycles. The van der Waals surface area contributed by atoms with Crippen LogP contribution in [0.15, 0.2) is 49.2 Å². The Morgan fingerprint density at radius 3 is 2.73 bits per heavy atom. The van der Waals surface area contributed by atoms with Crippen LogP contribution in [0, 0.1) is 6.92 Å². The number of carbonyl (C=O) groups is 1. The van der Waals surface area contributed by atoms with Gasteiger partial charge in [0.15, 0.2) is 5.60 Å². The molecule has 1 amide bonds. The summed E-state index contributed by atoms with van der Waals surface area (Å²) in [6, 6.07) is 9.75. The smallest absolute Gasteiger partial charge is 0.263 e. The number of rotatable bonds is 6. The Labute approximate surface area is 130 Å². The molecule has 1 N–H and O–H groups in total. The van der Waals surface area contributed by atoms with Gasteiger partial charge < -0.3 is 10.1 Å². The highest BCUT2D eigenvalue weighted by Crippen LogP contribution is 2.22. The van der Waals surface area contributed by atoms with E-state index in [1.165, 1.54) is 0 Å². The molecular formula is C17H21N3O2. The summed E-state index contributed by atoms with van der Waals surface area (Å²) in [5, 5.41) is 7.16. The van der Waals surface area contributed by atoms with Crippen LogP contribution < -0.4 is 10.1 Å². The van der Waals surface area contributed by atoms with Gasteiger partial charge in [-0.2, -0.15) is 0 Å². The summed E-state index contributed by atoms with van der Waals surface area (Å²) in [5.74, 6) is 0.240. The van der Waals surface area contributed by atoms with E-state index < -0.39 is 5.60 Å². The van der Waals surface area contributed by atoms with Crippen LogP contribution >= 0.6 is 0 Å². The lowest BCUT2D eigenvalue weighted by Gasteiger charge is -2.24. The Hall–Kier alpha value is -2.56. The molecule has 2 aromatic rings. The van der Waals surface area contributed by atoms with E-state index >= 15 is 0 Å². The van der Waals surface area contributed by atoms with Crippen LogP contribution in [0.4, 0.5) is 0 Å². The van der Waals surface area contributed by atoms with Gasteiger partial charge in [0.1, 0.15) is 0 Å². The molecule has 0 bridgehead atoms. The molecule has 0 aliphatic carbocycles. The molecule has 0 spiro atoms. The third-order valence-electron chi connectivity index (χ3n) is 3.18. The van der Waals surface area contributed by atoms with Gasteiger partial charge >= 0.3 is 0 Å². The number of carbonyl (C=O) groups excluding carboxylic acids is 1. The molecule has 0 saturated heterocycles. The highest BCUT2D eigenvalue weighted by molar-refractivity contribution is 5.84. The number of ether oxygens (including phenoxy) is 1. The van der Waals surface area contributed by atoms with E-state index in [1.807, 2.05) is 43.5 Å². The van der Waals surface area contributed by atoms with Gasteiger partial charge in [-0.15, -0.1) is 11.7 Å². The second-order valence-corrected chi connectivity index (χ2v) is 5.51. The van der Waals surface area contributed by atoms with E-state index in [0.29, 0.717) is 12.4 Å². The van der Waals surface area contributed by atoms with E-state index in [-0.39, 0.29) is 5.91 Å². The van der Waals surface area contributed by atoms with Crippen LogP contribution in [0.25, 0.3) is 5.69 Å². The molecule has 0 fully saturated rings. The van der Waals surface area contributed by atoms with Crippen LogP contribution in [0.1, 0.15) is 19.4 Å². The third kappa shape index (κ3) is 3.55. The molecule has 1 aromatic heterocycles.